The molecule has 1 aliphatic heterocycles. The number of carbonyl (C=O) groups is 1. The van der Waals surface area contributed by atoms with E-state index in [0.29, 0.717) is 12.6 Å². The second-order valence-electron chi connectivity index (χ2n) is 5.56. The van der Waals surface area contributed by atoms with Crippen molar-refractivity contribution < 1.29 is 9.53 Å². The van der Waals surface area contributed by atoms with E-state index in [2.05, 4.69) is 10.6 Å². The lowest BCUT2D eigenvalue weighted by atomic mass is 10.2. The molecule has 15 heavy (non-hydrogen) atoms. The van der Waals surface area contributed by atoms with Crippen LogP contribution in [0.2, 0.25) is 0 Å². The number of carbonyl (C=O) groups excluding carboxylic acids is 1. The minimum atomic E-state index is -0.407. The Hall–Kier alpha value is -0.770. The predicted molar refractivity (Wildman–Crippen MR) is 57.6 cm³/mol. The van der Waals surface area contributed by atoms with Crippen LogP contribution >= 0.6 is 0 Å². The second kappa shape index (κ2) is 3.67. The molecule has 0 aromatic rings. The highest BCUT2D eigenvalue weighted by Crippen LogP contribution is 2.44. The molecule has 86 valence electrons. The van der Waals surface area contributed by atoms with Gasteiger partial charge in [-0.1, -0.05) is 0 Å². The summed E-state index contributed by atoms with van der Waals surface area (Å²) in [6, 6.07) is 0.461. The van der Waals surface area contributed by atoms with Gasteiger partial charge in [-0.05, 0) is 45.6 Å². The lowest BCUT2D eigenvalue weighted by molar-refractivity contribution is 0.0522. The van der Waals surface area contributed by atoms with E-state index in [9.17, 15) is 4.79 Å². The molecule has 0 aromatic carbocycles. The number of piperidine rings is 1. The van der Waals surface area contributed by atoms with Gasteiger partial charge in [0.25, 0.3) is 0 Å². The average molecular weight is 212 g/mol. The quantitative estimate of drug-likeness (QED) is 0.721. The summed E-state index contributed by atoms with van der Waals surface area (Å²) in [4.78, 5) is 11.4. The van der Waals surface area contributed by atoms with Gasteiger partial charge in [-0.3, -0.25) is 0 Å². The van der Waals surface area contributed by atoms with Gasteiger partial charge < -0.3 is 15.4 Å². The minimum Gasteiger partial charge on any atom is -0.444 e. The lowest BCUT2D eigenvalue weighted by Gasteiger charge is -2.21. The molecule has 4 heteroatoms. The zero-order chi connectivity index (χ0) is 11.1. The Morgan fingerprint density at radius 3 is 2.73 bits per heavy atom. The van der Waals surface area contributed by atoms with Crippen LogP contribution in [0.5, 0.6) is 0 Å². The first-order valence-electron chi connectivity index (χ1n) is 5.66. The van der Waals surface area contributed by atoms with Crippen molar-refractivity contribution >= 4 is 6.09 Å². The summed E-state index contributed by atoms with van der Waals surface area (Å²) in [7, 11) is 0. The van der Waals surface area contributed by atoms with E-state index < -0.39 is 5.60 Å². The molecule has 2 aliphatic rings. The normalized spacial score (nSPS) is 33.4. The van der Waals surface area contributed by atoms with Crippen LogP contribution in [0.15, 0.2) is 0 Å². The van der Waals surface area contributed by atoms with Crippen LogP contribution in [0.4, 0.5) is 4.79 Å². The van der Waals surface area contributed by atoms with Crippen LogP contribution in [0.1, 0.15) is 27.2 Å². The van der Waals surface area contributed by atoms with Crippen molar-refractivity contribution in [1.29, 1.82) is 0 Å². The molecule has 1 saturated carbocycles. The Morgan fingerprint density at radius 2 is 2.27 bits per heavy atom. The number of fused-ring (bicyclic) bond motifs is 1. The molecule has 0 bridgehead atoms. The molecule has 3 atom stereocenters. The largest absolute Gasteiger partial charge is 0.444 e. The van der Waals surface area contributed by atoms with E-state index in [1.165, 1.54) is 6.42 Å². The molecule has 4 nitrogen and oxygen atoms in total. The number of hydrogen-bond donors (Lipinski definition) is 2. The van der Waals surface area contributed by atoms with Crippen molar-refractivity contribution in [3.05, 3.63) is 0 Å². The summed E-state index contributed by atoms with van der Waals surface area (Å²) in [6.45, 7) is 7.42. The first kappa shape index (κ1) is 10.7. The summed E-state index contributed by atoms with van der Waals surface area (Å²) in [5.74, 6) is 1.66. The molecule has 1 aliphatic carbocycles. The molecule has 2 rings (SSSR count). The van der Waals surface area contributed by atoms with Gasteiger partial charge in [-0.25, -0.2) is 4.79 Å². The number of nitrogens with one attached hydrogen (secondary N) is 2. The maximum atomic E-state index is 11.4. The second-order valence-corrected chi connectivity index (χ2v) is 5.56. The molecule has 0 spiro atoms. The zero-order valence-corrected chi connectivity index (χ0v) is 9.67. The summed E-state index contributed by atoms with van der Waals surface area (Å²) < 4.78 is 5.17. The maximum absolute atomic E-state index is 11.4. The van der Waals surface area contributed by atoms with Crippen molar-refractivity contribution in [2.75, 3.05) is 13.1 Å². The highest BCUT2D eigenvalue weighted by atomic mass is 16.6. The molecule has 1 heterocycles. The maximum Gasteiger partial charge on any atom is 0.407 e. The van der Waals surface area contributed by atoms with Gasteiger partial charge in [0, 0.05) is 12.6 Å². The number of ether oxygens (including phenoxy) is 1. The molecule has 0 aromatic heterocycles. The van der Waals surface area contributed by atoms with Gasteiger partial charge in [-0.15, -0.1) is 0 Å². The van der Waals surface area contributed by atoms with E-state index in [0.717, 1.165) is 18.4 Å². The average Bonchev–Trinajstić information content (AvgIpc) is 2.74. The van der Waals surface area contributed by atoms with Crippen LogP contribution in [-0.2, 0) is 4.74 Å². The molecular formula is C11H20N2O2. The fraction of sp³-hybridized carbons (Fsp3) is 0.909. The summed E-state index contributed by atoms with van der Waals surface area (Å²) in [5.41, 5.74) is -0.407. The van der Waals surface area contributed by atoms with Gasteiger partial charge in [-0.2, -0.15) is 0 Å². The summed E-state index contributed by atoms with van der Waals surface area (Å²) in [6.07, 6.45) is 1.02. The highest BCUT2D eigenvalue weighted by molar-refractivity contribution is 5.67. The van der Waals surface area contributed by atoms with Crippen molar-refractivity contribution in [1.82, 2.24) is 10.6 Å². The molecule has 2 fully saturated rings. The van der Waals surface area contributed by atoms with Crippen molar-refractivity contribution in [3.63, 3.8) is 0 Å². The summed E-state index contributed by atoms with van der Waals surface area (Å²) >= 11 is 0. The topological polar surface area (TPSA) is 50.4 Å². The monoisotopic (exact) mass is 212 g/mol. The van der Waals surface area contributed by atoms with Gasteiger partial charge in [0.2, 0.25) is 0 Å². The predicted octanol–water partition coefficient (Wildman–Crippen LogP) is 1.12. The van der Waals surface area contributed by atoms with Crippen LogP contribution in [0.25, 0.3) is 0 Å². The Labute approximate surface area is 90.8 Å². The first-order chi connectivity index (χ1) is 6.96. The van der Waals surface area contributed by atoms with Crippen molar-refractivity contribution in [3.8, 4) is 0 Å². The first-order valence-corrected chi connectivity index (χ1v) is 5.66. The van der Waals surface area contributed by atoms with Crippen molar-refractivity contribution in [2.24, 2.45) is 11.8 Å². The van der Waals surface area contributed by atoms with Crippen LogP contribution in [0, 0.1) is 11.8 Å². The molecule has 0 unspecified atom stereocenters. The van der Waals surface area contributed by atoms with Gasteiger partial charge in [0.05, 0.1) is 0 Å². The molecule has 0 radical (unpaired) electrons. The van der Waals surface area contributed by atoms with E-state index in [1.807, 2.05) is 20.8 Å². The smallest absolute Gasteiger partial charge is 0.407 e. The standard InChI is InChI=1S/C11H20N2O2/c1-11(2,3)15-10(14)13-6-9-8-4-7(8)5-12-9/h7-9,12H,4-6H2,1-3H3,(H,13,14)/t7-,8+,9-/m0/s1. The van der Waals surface area contributed by atoms with E-state index in [-0.39, 0.29) is 6.09 Å². The van der Waals surface area contributed by atoms with Gasteiger partial charge in [0.15, 0.2) is 0 Å². The molecular weight excluding hydrogens is 192 g/mol. The lowest BCUT2D eigenvalue weighted by Crippen LogP contribution is -2.41. The third-order valence-corrected chi connectivity index (χ3v) is 3.00. The molecule has 1 saturated heterocycles. The molecule has 1 amide bonds. The Kier molecular flexibility index (Phi) is 2.63. The SMILES string of the molecule is CC(C)(C)OC(=O)NC[C@@H]1NC[C@@H]2C[C@H]21. The van der Waals surface area contributed by atoms with Crippen molar-refractivity contribution in [2.45, 2.75) is 38.8 Å². The number of hydrogen-bond acceptors (Lipinski definition) is 3. The van der Waals surface area contributed by atoms with Gasteiger partial charge in [0.1, 0.15) is 5.60 Å². The third kappa shape index (κ3) is 2.84. The Bertz CT molecular complexity index is 260. The van der Waals surface area contributed by atoms with Crippen LogP contribution in [-0.4, -0.2) is 30.8 Å². The number of rotatable bonds is 2. The number of amides is 1. The highest BCUT2D eigenvalue weighted by Gasteiger charge is 2.47. The van der Waals surface area contributed by atoms with E-state index in [1.54, 1.807) is 0 Å². The van der Waals surface area contributed by atoms with Crippen LogP contribution < -0.4 is 10.6 Å². The van der Waals surface area contributed by atoms with E-state index in [4.69, 9.17) is 4.74 Å². The Balaban J connectivity index is 1.67. The van der Waals surface area contributed by atoms with E-state index >= 15 is 0 Å². The minimum absolute atomic E-state index is 0.312. The van der Waals surface area contributed by atoms with Gasteiger partial charge >= 0.3 is 6.09 Å². The molecule has 2 N–H and O–H groups in total. The third-order valence-electron chi connectivity index (χ3n) is 3.00. The fourth-order valence-electron chi connectivity index (χ4n) is 2.18. The number of alkyl carbamates (subject to hydrolysis) is 1. The zero-order valence-electron chi connectivity index (χ0n) is 9.67. The fourth-order valence-corrected chi connectivity index (χ4v) is 2.18. The van der Waals surface area contributed by atoms with Crippen LogP contribution in [0.3, 0.4) is 0 Å². The Morgan fingerprint density at radius 1 is 1.53 bits per heavy atom. The summed E-state index contributed by atoms with van der Waals surface area (Å²) in [5, 5.41) is 6.22.